The molecule has 1 aromatic carbocycles. The number of aromatic nitrogens is 2. The van der Waals surface area contributed by atoms with Gasteiger partial charge in [0.1, 0.15) is 11.0 Å². The molecule has 7 nitrogen and oxygen atoms in total. The molecule has 1 aromatic heterocycles. The van der Waals surface area contributed by atoms with E-state index in [1.54, 1.807) is 12.1 Å². The number of anilines is 2. The summed E-state index contributed by atoms with van der Waals surface area (Å²) in [7, 11) is 0. The molecule has 8 heteroatoms. The molecule has 0 saturated heterocycles. The summed E-state index contributed by atoms with van der Waals surface area (Å²) in [6, 6.07) is 6.59. The van der Waals surface area contributed by atoms with Crippen LogP contribution in [0.15, 0.2) is 24.3 Å². The van der Waals surface area contributed by atoms with Gasteiger partial charge < -0.3 is 10.6 Å². The van der Waals surface area contributed by atoms with Crippen molar-refractivity contribution in [3.63, 3.8) is 0 Å². The first kappa shape index (κ1) is 13.6. The van der Waals surface area contributed by atoms with Crippen LogP contribution in [-0.2, 0) is 13.0 Å². The van der Waals surface area contributed by atoms with Crippen LogP contribution in [0.5, 0.6) is 0 Å². The molecule has 0 radical (unpaired) electrons. The van der Waals surface area contributed by atoms with Crippen LogP contribution >= 0.6 is 11.6 Å². The van der Waals surface area contributed by atoms with Crippen molar-refractivity contribution in [3.8, 4) is 0 Å². The quantitative estimate of drug-likeness (QED) is 0.519. The lowest BCUT2D eigenvalue weighted by Gasteiger charge is -2.29. The number of hydrogen-bond acceptors (Lipinski definition) is 6. The van der Waals surface area contributed by atoms with Crippen LogP contribution in [0.25, 0.3) is 0 Å². The molecule has 2 N–H and O–H groups in total. The monoisotopic (exact) mass is 305 g/mol. The molecule has 1 aliphatic rings. The maximum absolute atomic E-state index is 10.9. The molecule has 0 saturated carbocycles. The second kappa shape index (κ2) is 5.17. The van der Waals surface area contributed by atoms with Gasteiger partial charge in [0.25, 0.3) is 5.69 Å². The van der Waals surface area contributed by atoms with Crippen LogP contribution in [0.3, 0.4) is 0 Å². The lowest BCUT2D eigenvalue weighted by molar-refractivity contribution is -0.384. The van der Waals surface area contributed by atoms with E-state index in [1.807, 2.05) is 11.0 Å². The fraction of sp³-hybridized carbons (Fsp3) is 0.231. The molecule has 0 bridgehead atoms. The Bertz CT molecular complexity index is 701. The minimum Gasteiger partial charge on any atom is -0.368 e. The zero-order chi connectivity index (χ0) is 15.0. The van der Waals surface area contributed by atoms with Gasteiger partial charge in [0.15, 0.2) is 0 Å². The highest BCUT2D eigenvalue weighted by atomic mass is 35.5. The summed E-state index contributed by atoms with van der Waals surface area (Å²) in [6.45, 7) is 1.28. The number of nitrogen functional groups attached to an aromatic ring is 1. The zero-order valence-corrected chi connectivity index (χ0v) is 11.7. The first-order valence-corrected chi connectivity index (χ1v) is 6.72. The van der Waals surface area contributed by atoms with Gasteiger partial charge in [-0.15, -0.1) is 0 Å². The van der Waals surface area contributed by atoms with Crippen LogP contribution in [-0.4, -0.2) is 21.4 Å². The van der Waals surface area contributed by atoms with E-state index < -0.39 is 4.92 Å². The first-order valence-electron chi connectivity index (χ1n) is 6.34. The average molecular weight is 306 g/mol. The highest BCUT2D eigenvalue weighted by molar-refractivity contribution is 6.29. The van der Waals surface area contributed by atoms with Crippen molar-refractivity contribution < 1.29 is 4.92 Å². The number of hydrogen-bond donors (Lipinski definition) is 1. The molecule has 1 aliphatic heterocycles. The van der Waals surface area contributed by atoms with Gasteiger partial charge in [-0.1, -0.05) is 17.7 Å². The number of rotatable bonds is 2. The predicted molar refractivity (Wildman–Crippen MR) is 79.3 cm³/mol. The molecule has 2 aromatic rings. The summed E-state index contributed by atoms with van der Waals surface area (Å²) in [5.41, 5.74) is 7.73. The maximum Gasteiger partial charge on any atom is 0.269 e. The SMILES string of the molecule is Nc1nc(Cl)cc(N2CCc3ccc([N+](=O)[O-])cc3C2)n1. The lowest BCUT2D eigenvalue weighted by atomic mass is 9.99. The van der Waals surface area contributed by atoms with Crippen molar-refractivity contribution in [2.75, 3.05) is 17.2 Å². The van der Waals surface area contributed by atoms with Crippen molar-refractivity contribution in [2.45, 2.75) is 13.0 Å². The molecule has 0 spiro atoms. The normalized spacial score (nSPS) is 13.9. The third-order valence-corrected chi connectivity index (χ3v) is 3.63. The van der Waals surface area contributed by atoms with Crippen LogP contribution in [0, 0.1) is 10.1 Å². The molecule has 3 rings (SSSR count). The average Bonchev–Trinajstić information content (AvgIpc) is 2.45. The van der Waals surface area contributed by atoms with Gasteiger partial charge in [0.05, 0.1) is 4.92 Å². The van der Waals surface area contributed by atoms with Gasteiger partial charge in [-0.3, -0.25) is 10.1 Å². The van der Waals surface area contributed by atoms with Gasteiger partial charge in [-0.2, -0.15) is 4.98 Å². The smallest absolute Gasteiger partial charge is 0.269 e. The van der Waals surface area contributed by atoms with E-state index in [4.69, 9.17) is 17.3 Å². The van der Waals surface area contributed by atoms with Crippen LogP contribution in [0.4, 0.5) is 17.5 Å². The van der Waals surface area contributed by atoms with E-state index in [9.17, 15) is 10.1 Å². The van der Waals surface area contributed by atoms with E-state index in [0.717, 1.165) is 24.1 Å². The van der Waals surface area contributed by atoms with E-state index in [0.29, 0.717) is 12.4 Å². The van der Waals surface area contributed by atoms with E-state index in [1.165, 1.54) is 6.07 Å². The van der Waals surface area contributed by atoms with Gasteiger partial charge in [0, 0.05) is 31.3 Å². The molecule has 0 fully saturated rings. The lowest BCUT2D eigenvalue weighted by Crippen LogP contribution is -2.31. The summed E-state index contributed by atoms with van der Waals surface area (Å²) >= 11 is 5.89. The number of nitrogens with zero attached hydrogens (tertiary/aromatic N) is 4. The van der Waals surface area contributed by atoms with Gasteiger partial charge in [0.2, 0.25) is 5.95 Å². The van der Waals surface area contributed by atoms with Crippen LogP contribution < -0.4 is 10.6 Å². The fourth-order valence-corrected chi connectivity index (χ4v) is 2.62. The van der Waals surface area contributed by atoms with Crippen molar-refractivity contribution in [3.05, 3.63) is 50.7 Å². The second-order valence-electron chi connectivity index (χ2n) is 4.79. The number of fused-ring (bicyclic) bond motifs is 1. The van der Waals surface area contributed by atoms with Crippen LogP contribution in [0.1, 0.15) is 11.1 Å². The highest BCUT2D eigenvalue weighted by Crippen LogP contribution is 2.27. The number of nitrogens with two attached hydrogens (primary N) is 1. The maximum atomic E-state index is 10.9. The number of non-ortho nitro benzene ring substituents is 1. The molecule has 2 heterocycles. The Balaban J connectivity index is 1.92. The number of halogens is 1. The Morgan fingerprint density at radius 2 is 2.10 bits per heavy atom. The second-order valence-corrected chi connectivity index (χ2v) is 5.18. The van der Waals surface area contributed by atoms with Gasteiger partial charge in [-0.25, -0.2) is 4.98 Å². The Hall–Kier alpha value is -2.41. The first-order chi connectivity index (χ1) is 10.0. The molecule has 0 unspecified atom stereocenters. The van der Waals surface area contributed by atoms with Crippen LogP contribution in [0.2, 0.25) is 5.15 Å². The molecule has 108 valence electrons. The van der Waals surface area contributed by atoms with E-state index in [-0.39, 0.29) is 16.8 Å². The summed E-state index contributed by atoms with van der Waals surface area (Å²) < 4.78 is 0. The minimum atomic E-state index is -0.390. The third kappa shape index (κ3) is 2.73. The Kier molecular flexibility index (Phi) is 3.34. The molecule has 0 atom stereocenters. The van der Waals surface area contributed by atoms with Crippen molar-refractivity contribution >= 4 is 29.1 Å². The number of benzene rings is 1. The Labute approximate surface area is 125 Å². The number of nitro benzene ring substituents is 1. The van der Waals surface area contributed by atoms with E-state index in [2.05, 4.69) is 9.97 Å². The Morgan fingerprint density at radius 1 is 1.29 bits per heavy atom. The van der Waals surface area contributed by atoms with Crippen molar-refractivity contribution in [2.24, 2.45) is 0 Å². The molecular formula is C13H12ClN5O2. The van der Waals surface area contributed by atoms with Crippen molar-refractivity contribution in [1.29, 1.82) is 0 Å². The van der Waals surface area contributed by atoms with E-state index >= 15 is 0 Å². The third-order valence-electron chi connectivity index (χ3n) is 3.44. The molecule has 21 heavy (non-hydrogen) atoms. The minimum absolute atomic E-state index is 0.0934. The predicted octanol–water partition coefficient (Wildman–Crippen LogP) is 2.18. The largest absolute Gasteiger partial charge is 0.368 e. The molecule has 0 aliphatic carbocycles. The summed E-state index contributed by atoms with van der Waals surface area (Å²) in [4.78, 5) is 20.4. The fourth-order valence-electron chi connectivity index (χ4n) is 2.44. The highest BCUT2D eigenvalue weighted by Gasteiger charge is 2.20. The standard InChI is InChI=1S/C13H12ClN5O2/c14-11-6-12(17-13(15)16-11)18-4-3-8-1-2-10(19(20)21)5-9(8)7-18/h1-2,5-6H,3-4,7H2,(H2,15,16,17). The summed E-state index contributed by atoms with van der Waals surface area (Å²) in [5, 5.41) is 11.1. The van der Waals surface area contributed by atoms with Gasteiger partial charge >= 0.3 is 0 Å². The Morgan fingerprint density at radius 3 is 2.81 bits per heavy atom. The van der Waals surface area contributed by atoms with Gasteiger partial charge in [-0.05, 0) is 17.5 Å². The van der Waals surface area contributed by atoms with Crippen molar-refractivity contribution in [1.82, 2.24) is 9.97 Å². The number of nitro groups is 1. The summed E-state index contributed by atoms with van der Waals surface area (Å²) in [5.74, 6) is 0.743. The summed E-state index contributed by atoms with van der Waals surface area (Å²) in [6.07, 6.45) is 0.787. The topological polar surface area (TPSA) is 98.2 Å². The zero-order valence-electron chi connectivity index (χ0n) is 11.0. The molecule has 0 amide bonds. The molecular weight excluding hydrogens is 294 g/mol.